The van der Waals surface area contributed by atoms with Crippen LogP contribution in [0.25, 0.3) is 93.2 Å². The fourth-order valence-electron chi connectivity index (χ4n) is 6.78. The third kappa shape index (κ3) is 4.67. The van der Waals surface area contributed by atoms with E-state index in [0.717, 1.165) is 33.3 Å². The van der Waals surface area contributed by atoms with Crippen LogP contribution in [-0.2, 0) is 0 Å². The highest BCUT2D eigenvalue weighted by molar-refractivity contribution is 7.26. The van der Waals surface area contributed by atoms with Gasteiger partial charge in [0.2, 0.25) is 5.95 Å². The molecule has 10 aromatic rings. The molecular formula is C43H26N6S. The number of fused-ring (bicyclic) bond motifs is 7. The van der Waals surface area contributed by atoms with Gasteiger partial charge in [-0.05, 0) is 23.3 Å². The summed E-state index contributed by atoms with van der Waals surface area (Å²) in [5.74, 6) is 2.30. The maximum Gasteiger partial charge on any atom is 0.234 e. The summed E-state index contributed by atoms with van der Waals surface area (Å²) >= 11 is 1.81. The molecule has 0 amide bonds. The number of aromatic nitrogens is 6. The van der Waals surface area contributed by atoms with E-state index in [9.17, 15) is 0 Å². The number of benzene rings is 6. The molecule has 6 aromatic carbocycles. The van der Waals surface area contributed by atoms with E-state index >= 15 is 0 Å². The number of thiophene rings is 1. The molecule has 0 atom stereocenters. The first-order valence-electron chi connectivity index (χ1n) is 16.4. The van der Waals surface area contributed by atoms with E-state index in [4.69, 9.17) is 24.9 Å². The van der Waals surface area contributed by atoms with E-state index in [1.807, 2.05) is 72.3 Å². The Kier molecular flexibility index (Phi) is 6.57. The van der Waals surface area contributed by atoms with Crippen LogP contribution in [0.4, 0.5) is 0 Å². The van der Waals surface area contributed by atoms with E-state index < -0.39 is 0 Å². The number of rotatable bonds is 5. The summed E-state index contributed by atoms with van der Waals surface area (Å²) in [5.41, 5.74) is 7.00. The van der Waals surface area contributed by atoms with E-state index in [0.29, 0.717) is 29.0 Å². The molecule has 0 unspecified atom stereocenters. The van der Waals surface area contributed by atoms with Crippen molar-refractivity contribution in [2.75, 3.05) is 0 Å². The van der Waals surface area contributed by atoms with Crippen molar-refractivity contribution in [3.63, 3.8) is 0 Å². The molecule has 4 aromatic heterocycles. The van der Waals surface area contributed by atoms with E-state index in [1.54, 1.807) is 0 Å². The van der Waals surface area contributed by atoms with Crippen molar-refractivity contribution in [3.8, 4) is 51.2 Å². The molecule has 50 heavy (non-hydrogen) atoms. The summed E-state index contributed by atoms with van der Waals surface area (Å²) in [6.45, 7) is 0. The topological polar surface area (TPSA) is 69.4 Å². The standard InChI is InChI=1S/C43H26N6S/c1-3-11-27(12-4-1)28-19-21-30(22-20-28)41-46-40(29-13-5-2-6-14-29)47-42(48-41)31-25-44-43(45-26-31)49-36-17-9-7-15-32(36)34-23-24-35-33-16-8-10-18-37(33)50-39(35)38(34)49/h1-26H. The molecule has 0 radical (unpaired) electrons. The van der Waals surface area contributed by atoms with Crippen molar-refractivity contribution in [1.29, 1.82) is 0 Å². The van der Waals surface area contributed by atoms with E-state index in [2.05, 4.69) is 102 Å². The molecule has 10 rings (SSSR count). The molecule has 0 spiro atoms. The first-order chi connectivity index (χ1) is 24.8. The van der Waals surface area contributed by atoms with Gasteiger partial charge in [0.1, 0.15) is 0 Å². The van der Waals surface area contributed by atoms with Gasteiger partial charge in [-0.3, -0.25) is 4.57 Å². The molecular weight excluding hydrogens is 633 g/mol. The van der Waals surface area contributed by atoms with Crippen LogP contribution in [0.3, 0.4) is 0 Å². The molecule has 4 heterocycles. The van der Waals surface area contributed by atoms with Crippen molar-refractivity contribution in [3.05, 3.63) is 158 Å². The number of para-hydroxylation sites is 1. The molecule has 0 aliphatic heterocycles. The zero-order valence-corrected chi connectivity index (χ0v) is 27.4. The Bertz CT molecular complexity index is 2840. The second-order valence-corrected chi connectivity index (χ2v) is 13.2. The Morgan fingerprint density at radius 2 is 0.920 bits per heavy atom. The highest BCUT2D eigenvalue weighted by Crippen LogP contribution is 2.42. The third-order valence-electron chi connectivity index (χ3n) is 9.19. The third-order valence-corrected chi connectivity index (χ3v) is 10.4. The van der Waals surface area contributed by atoms with Gasteiger partial charge in [-0.2, -0.15) is 0 Å². The van der Waals surface area contributed by atoms with Crippen LogP contribution in [0.1, 0.15) is 0 Å². The van der Waals surface area contributed by atoms with Gasteiger partial charge in [-0.25, -0.2) is 24.9 Å². The predicted octanol–water partition coefficient (Wildman–Crippen LogP) is 10.8. The zero-order valence-electron chi connectivity index (χ0n) is 26.6. The fourth-order valence-corrected chi connectivity index (χ4v) is 8.02. The maximum absolute atomic E-state index is 4.96. The Morgan fingerprint density at radius 3 is 1.64 bits per heavy atom. The molecule has 0 N–H and O–H groups in total. The highest BCUT2D eigenvalue weighted by Gasteiger charge is 2.20. The number of hydrogen-bond acceptors (Lipinski definition) is 6. The van der Waals surface area contributed by atoms with Crippen molar-refractivity contribution in [2.24, 2.45) is 0 Å². The summed E-state index contributed by atoms with van der Waals surface area (Å²) in [4.78, 5) is 24.7. The second-order valence-electron chi connectivity index (χ2n) is 12.2. The van der Waals surface area contributed by atoms with Crippen molar-refractivity contribution in [2.45, 2.75) is 0 Å². The van der Waals surface area contributed by atoms with Gasteiger partial charge in [0.15, 0.2) is 17.5 Å². The minimum Gasteiger partial charge on any atom is -0.276 e. The molecule has 0 saturated carbocycles. The van der Waals surface area contributed by atoms with Crippen molar-refractivity contribution >= 4 is 53.3 Å². The summed E-state index contributed by atoms with van der Waals surface area (Å²) < 4.78 is 4.67. The highest BCUT2D eigenvalue weighted by atomic mass is 32.1. The quantitative estimate of drug-likeness (QED) is 0.184. The minimum absolute atomic E-state index is 0.515. The van der Waals surface area contributed by atoms with Gasteiger partial charge < -0.3 is 0 Å². The van der Waals surface area contributed by atoms with Crippen LogP contribution < -0.4 is 0 Å². The summed E-state index contributed by atoms with van der Waals surface area (Å²) in [6, 6.07) is 50.2. The van der Waals surface area contributed by atoms with Gasteiger partial charge >= 0.3 is 0 Å². The molecule has 7 heteroatoms. The molecule has 0 fully saturated rings. The summed E-state index contributed by atoms with van der Waals surface area (Å²) in [7, 11) is 0. The van der Waals surface area contributed by atoms with Gasteiger partial charge in [0.25, 0.3) is 0 Å². The lowest BCUT2D eigenvalue weighted by molar-refractivity contribution is 0.984. The zero-order chi connectivity index (χ0) is 33.0. The smallest absolute Gasteiger partial charge is 0.234 e. The second kappa shape index (κ2) is 11.5. The lowest BCUT2D eigenvalue weighted by atomic mass is 10.0. The van der Waals surface area contributed by atoms with Crippen molar-refractivity contribution < 1.29 is 0 Å². The molecule has 6 nitrogen and oxygen atoms in total. The number of nitrogens with zero attached hydrogens (tertiary/aromatic N) is 6. The van der Waals surface area contributed by atoms with Crippen LogP contribution >= 0.6 is 11.3 Å². The van der Waals surface area contributed by atoms with Crippen LogP contribution in [-0.4, -0.2) is 29.5 Å². The maximum atomic E-state index is 4.96. The lowest BCUT2D eigenvalue weighted by Crippen LogP contribution is -2.03. The summed E-state index contributed by atoms with van der Waals surface area (Å²) in [5, 5.41) is 4.85. The average Bonchev–Trinajstić information content (AvgIpc) is 3.75. The monoisotopic (exact) mass is 658 g/mol. The predicted molar refractivity (Wildman–Crippen MR) is 204 cm³/mol. The Hall–Kier alpha value is -6.57. The lowest BCUT2D eigenvalue weighted by Gasteiger charge is -2.10. The molecule has 234 valence electrons. The number of hydrogen-bond donors (Lipinski definition) is 0. The van der Waals surface area contributed by atoms with Crippen LogP contribution in [0.5, 0.6) is 0 Å². The minimum atomic E-state index is 0.515. The largest absolute Gasteiger partial charge is 0.276 e. The van der Waals surface area contributed by atoms with Crippen LogP contribution in [0.15, 0.2) is 158 Å². The molecule has 0 aliphatic rings. The van der Waals surface area contributed by atoms with Gasteiger partial charge in [-0.15, -0.1) is 11.3 Å². The Morgan fingerprint density at radius 1 is 0.400 bits per heavy atom. The SMILES string of the molecule is c1ccc(-c2ccc(-c3nc(-c4ccccc4)nc(-c4cnc(-n5c6ccccc6c6ccc7c8ccccc8sc7c65)nc4)n3)cc2)cc1. The van der Waals surface area contributed by atoms with Gasteiger partial charge in [0, 0.05) is 49.8 Å². The average molecular weight is 659 g/mol. The van der Waals surface area contributed by atoms with Crippen LogP contribution in [0, 0.1) is 0 Å². The fraction of sp³-hybridized carbons (Fsp3) is 0. The normalized spacial score (nSPS) is 11.6. The van der Waals surface area contributed by atoms with E-state index in [-0.39, 0.29) is 0 Å². The first kappa shape index (κ1) is 28.4. The summed E-state index contributed by atoms with van der Waals surface area (Å²) in [6.07, 6.45) is 3.64. The van der Waals surface area contributed by atoms with E-state index in [1.165, 1.54) is 30.9 Å². The van der Waals surface area contributed by atoms with Gasteiger partial charge in [-0.1, -0.05) is 133 Å². The molecule has 0 aliphatic carbocycles. The van der Waals surface area contributed by atoms with Gasteiger partial charge in [0.05, 0.1) is 21.3 Å². The molecule has 0 bridgehead atoms. The Balaban J connectivity index is 1.11. The first-order valence-corrected chi connectivity index (χ1v) is 17.2. The van der Waals surface area contributed by atoms with Crippen molar-refractivity contribution in [1.82, 2.24) is 29.5 Å². The molecule has 0 saturated heterocycles. The Labute approximate surface area is 291 Å². The van der Waals surface area contributed by atoms with Crippen LogP contribution in [0.2, 0.25) is 0 Å².